The van der Waals surface area contributed by atoms with Gasteiger partial charge in [-0.25, -0.2) is 31.9 Å². The quantitative estimate of drug-likeness (QED) is 0.302. The summed E-state index contributed by atoms with van der Waals surface area (Å²) < 4.78 is 38.9. The van der Waals surface area contributed by atoms with Crippen molar-refractivity contribution in [3.63, 3.8) is 0 Å². The van der Waals surface area contributed by atoms with Crippen molar-refractivity contribution in [1.82, 2.24) is 18.8 Å². The number of aromatic nitrogens is 3. The number of anilines is 1. The summed E-state index contributed by atoms with van der Waals surface area (Å²) in [6, 6.07) is 17.1. The highest BCUT2D eigenvalue weighted by atomic mass is 32.2. The van der Waals surface area contributed by atoms with Gasteiger partial charge in [0.2, 0.25) is 0 Å². The molecular weight excluding hydrogens is 546 g/mol. The number of likely N-dealkylation sites (tertiary alicyclic amines) is 1. The van der Waals surface area contributed by atoms with Gasteiger partial charge in [0.25, 0.3) is 10.0 Å². The minimum atomic E-state index is -4.08. The van der Waals surface area contributed by atoms with Gasteiger partial charge < -0.3 is 19.7 Å². The summed E-state index contributed by atoms with van der Waals surface area (Å²) in [5.74, 6) is -0.419. The lowest BCUT2D eigenvalue weighted by atomic mass is 9.99. The van der Waals surface area contributed by atoms with Crippen molar-refractivity contribution < 1.29 is 27.5 Å². The predicted molar refractivity (Wildman–Crippen MR) is 152 cm³/mol. The molecule has 5 rings (SSSR count). The molecule has 0 unspecified atom stereocenters. The van der Waals surface area contributed by atoms with Crippen LogP contribution in [-0.4, -0.2) is 64.6 Å². The van der Waals surface area contributed by atoms with Crippen molar-refractivity contribution >= 4 is 38.9 Å². The number of nitrogens with one attached hydrogen (secondary N) is 1. The number of fused-ring (bicyclic) bond motifs is 1. The van der Waals surface area contributed by atoms with E-state index in [0.29, 0.717) is 19.4 Å². The van der Waals surface area contributed by atoms with E-state index in [1.807, 2.05) is 37.3 Å². The number of carbonyl (C=O) groups excluding carboxylic acids is 2. The van der Waals surface area contributed by atoms with E-state index in [9.17, 15) is 18.0 Å². The third-order valence-corrected chi connectivity index (χ3v) is 8.67. The molecule has 0 aliphatic carbocycles. The van der Waals surface area contributed by atoms with Gasteiger partial charge in [-0.1, -0.05) is 48.5 Å². The zero-order chi connectivity index (χ0) is 29.0. The van der Waals surface area contributed by atoms with Gasteiger partial charge in [0.15, 0.2) is 5.65 Å². The van der Waals surface area contributed by atoms with Crippen molar-refractivity contribution in [2.75, 3.05) is 18.5 Å². The smallest absolute Gasteiger partial charge is 0.410 e. The summed E-state index contributed by atoms with van der Waals surface area (Å²) in [5.41, 5.74) is 0.954. The minimum Gasteiger partial charge on any atom is -0.462 e. The maximum atomic E-state index is 13.5. The number of benzene rings is 2. The molecule has 4 aromatic rings. The lowest BCUT2D eigenvalue weighted by Gasteiger charge is -2.37. The van der Waals surface area contributed by atoms with Gasteiger partial charge in [0, 0.05) is 24.8 Å². The Hall–Kier alpha value is -4.45. The molecule has 41 heavy (non-hydrogen) atoms. The van der Waals surface area contributed by atoms with Crippen LogP contribution in [0.15, 0.2) is 78.1 Å². The molecule has 0 radical (unpaired) electrons. The fourth-order valence-electron chi connectivity index (χ4n) is 4.87. The van der Waals surface area contributed by atoms with E-state index in [1.54, 1.807) is 30.0 Å². The summed E-state index contributed by atoms with van der Waals surface area (Å²) in [4.78, 5) is 36.3. The fraction of sp³-hybridized carbons (Fsp3) is 0.310. The molecule has 0 spiro atoms. The van der Waals surface area contributed by atoms with Gasteiger partial charge in [0.05, 0.1) is 22.5 Å². The third-order valence-electron chi connectivity index (χ3n) is 7.01. The Bertz CT molecular complexity index is 1640. The summed E-state index contributed by atoms with van der Waals surface area (Å²) in [7, 11) is -4.08. The highest BCUT2D eigenvalue weighted by Crippen LogP contribution is 2.31. The van der Waals surface area contributed by atoms with Crippen LogP contribution >= 0.6 is 0 Å². The van der Waals surface area contributed by atoms with Gasteiger partial charge in [-0.3, -0.25) is 0 Å². The Morgan fingerprint density at radius 3 is 2.41 bits per heavy atom. The van der Waals surface area contributed by atoms with Crippen LogP contribution in [0.2, 0.25) is 0 Å². The number of hydrogen-bond donors (Lipinski definition) is 1. The van der Waals surface area contributed by atoms with Crippen molar-refractivity contribution in [1.29, 1.82) is 0 Å². The van der Waals surface area contributed by atoms with Crippen LogP contribution in [-0.2, 0) is 26.1 Å². The minimum absolute atomic E-state index is 0.0211. The molecule has 2 aromatic heterocycles. The third kappa shape index (κ3) is 5.87. The molecule has 11 nitrogen and oxygen atoms in total. The van der Waals surface area contributed by atoms with Crippen LogP contribution < -0.4 is 5.32 Å². The van der Waals surface area contributed by atoms with E-state index in [2.05, 4.69) is 15.3 Å². The molecule has 0 bridgehead atoms. The van der Waals surface area contributed by atoms with Crippen LogP contribution in [0.4, 0.5) is 10.6 Å². The monoisotopic (exact) mass is 577 g/mol. The van der Waals surface area contributed by atoms with E-state index >= 15 is 0 Å². The molecule has 1 aliphatic heterocycles. The first-order valence-electron chi connectivity index (χ1n) is 13.4. The molecule has 214 valence electrons. The molecular formula is C29H31N5O6S. The van der Waals surface area contributed by atoms with Gasteiger partial charge in [0.1, 0.15) is 18.8 Å². The lowest BCUT2D eigenvalue weighted by Crippen LogP contribution is -2.49. The fourth-order valence-corrected chi connectivity index (χ4v) is 6.21. The number of piperidine rings is 1. The van der Waals surface area contributed by atoms with Crippen LogP contribution in [0.5, 0.6) is 0 Å². The maximum Gasteiger partial charge on any atom is 0.410 e. The van der Waals surface area contributed by atoms with Gasteiger partial charge in [-0.2, -0.15) is 0 Å². The number of rotatable bonds is 8. The number of nitrogens with zero attached hydrogens (tertiary/aromatic N) is 4. The summed E-state index contributed by atoms with van der Waals surface area (Å²) in [5, 5.41) is 3.55. The largest absolute Gasteiger partial charge is 0.462 e. The molecule has 2 aromatic carbocycles. The van der Waals surface area contributed by atoms with Crippen LogP contribution in [0.25, 0.3) is 11.0 Å². The normalized spacial score (nSPS) is 17.3. The Balaban J connectivity index is 1.44. The van der Waals surface area contributed by atoms with Gasteiger partial charge in [-0.05, 0) is 44.4 Å². The second-order valence-corrected chi connectivity index (χ2v) is 11.6. The molecule has 3 heterocycles. The number of amides is 1. The summed E-state index contributed by atoms with van der Waals surface area (Å²) in [6.45, 7) is 4.24. The van der Waals surface area contributed by atoms with Crippen LogP contribution in [0.1, 0.15) is 42.6 Å². The Kier molecular flexibility index (Phi) is 8.20. The molecule has 2 atom stereocenters. The number of esters is 1. The Morgan fingerprint density at radius 2 is 1.71 bits per heavy atom. The van der Waals surface area contributed by atoms with Crippen molar-refractivity contribution in [2.45, 2.75) is 50.3 Å². The molecule has 1 saturated heterocycles. The highest BCUT2D eigenvalue weighted by Gasteiger charge is 2.32. The second kappa shape index (κ2) is 12.0. The molecule has 12 heteroatoms. The SMILES string of the molecule is CCOC(=O)c1cn(S(=O)(=O)c2ccccc2)c2ncnc(N[C@@H]3CC[C@H](C)N(C(=O)OCc4ccccc4)C3)c12. The van der Waals surface area contributed by atoms with Crippen molar-refractivity contribution in [2.24, 2.45) is 0 Å². The average Bonchev–Trinajstić information content (AvgIpc) is 3.40. The standard InChI is InChI=1S/C29H31N5O6S/c1-3-39-28(35)24-17-34(41(37,38)23-12-8-5-9-13-23)27-25(24)26(30-19-31-27)32-22-15-14-20(2)33(16-22)29(36)40-18-21-10-6-4-7-11-21/h4-13,17,19-20,22H,3,14-16,18H2,1-2H3,(H,30,31,32)/t20-,22+/m0/s1. The van der Waals surface area contributed by atoms with E-state index < -0.39 is 22.1 Å². The first-order chi connectivity index (χ1) is 19.8. The second-order valence-electron chi connectivity index (χ2n) is 9.76. The summed E-state index contributed by atoms with van der Waals surface area (Å²) >= 11 is 0. The van der Waals surface area contributed by atoms with Gasteiger partial charge >= 0.3 is 12.1 Å². The number of carbonyl (C=O) groups is 2. The van der Waals surface area contributed by atoms with E-state index in [0.717, 1.165) is 9.54 Å². The van der Waals surface area contributed by atoms with E-state index in [4.69, 9.17) is 9.47 Å². The van der Waals surface area contributed by atoms with Crippen LogP contribution in [0, 0.1) is 0 Å². The zero-order valence-electron chi connectivity index (χ0n) is 22.8. The lowest BCUT2D eigenvalue weighted by molar-refractivity contribution is 0.0528. The first kappa shape index (κ1) is 28.1. The van der Waals surface area contributed by atoms with Crippen LogP contribution in [0.3, 0.4) is 0 Å². The number of ether oxygens (including phenoxy) is 2. The molecule has 1 fully saturated rings. The van der Waals surface area contributed by atoms with Crippen molar-refractivity contribution in [3.05, 3.63) is 84.3 Å². The Morgan fingerprint density at radius 1 is 1.00 bits per heavy atom. The van der Waals surface area contributed by atoms with Crippen molar-refractivity contribution in [3.8, 4) is 0 Å². The highest BCUT2D eigenvalue weighted by molar-refractivity contribution is 7.90. The summed E-state index contributed by atoms with van der Waals surface area (Å²) in [6.07, 6.45) is 3.47. The molecule has 1 aliphatic rings. The maximum absolute atomic E-state index is 13.5. The van der Waals surface area contributed by atoms with Gasteiger partial charge in [-0.15, -0.1) is 0 Å². The number of hydrogen-bond acceptors (Lipinski definition) is 9. The average molecular weight is 578 g/mol. The van der Waals surface area contributed by atoms with E-state index in [1.165, 1.54) is 24.7 Å². The predicted octanol–water partition coefficient (Wildman–Crippen LogP) is 4.45. The molecule has 1 N–H and O–H groups in total. The molecule has 1 amide bonds. The first-order valence-corrected chi connectivity index (χ1v) is 14.8. The zero-order valence-corrected chi connectivity index (χ0v) is 23.6. The van der Waals surface area contributed by atoms with E-state index in [-0.39, 0.29) is 52.6 Å². The topological polar surface area (TPSA) is 133 Å². The Labute approximate surface area is 238 Å². The molecule has 0 saturated carbocycles.